The number of nitrogens with one attached hydrogen (secondary N) is 1. The number of benzene rings is 2. The molecule has 0 atom stereocenters. The van der Waals surface area contributed by atoms with Gasteiger partial charge >= 0.3 is 0 Å². The van der Waals surface area contributed by atoms with Gasteiger partial charge in [0.05, 0.1) is 22.1 Å². The largest absolute Gasteiger partial charge is 0.358 e. The Bertz CT molecular complexity index is 1220. The number of aromatic amines is 1. The molecule has 1 fully saturated rings. The van der Waals surface area contributed by atoms with Gasteiger partial charge in [-0.25, -0.2) is 8.42 Å². The molecule has 1 aromatic heterocycles. The molecule has 148 valence electrons. The van der Waals surface area contributed by atoms with Crippen molar-refractivity contribution in [3.63, 3.8) is 0 Å². The number of sulfonamides is 1. The van der Waals surface area contributed by atoms with Gasteiger partial charge in [-0.1, -0.05) is 18.2 Å². The number of hydrogen-bond donors (Lipinski definition) is 1. The topological polar surface area (TPSA) is 97.3 Å². The van der Waals surface area contributed by atoms with Crippen molar-refractivity contribution in [1.82, 2.24) is 14.2 Å². The molecule has 0 radical (unpaired) electrons. The summed E-state index contributed by atoms with van der Waals surface area (Å²) in [6.07, 6.45) is 0. The van der Waals surface area contributed by atoms with Gasteiger partial charge in [0, 0.05) is 42.8 Å². The van der Waals surface area contributed by atoms with Gasteiger partial charge in [-0.2, -0.15) is 9.57 Å². The lowest BCUT2D eigenvalue weighted by molar-refractivity contribution is 0.0699. The minimum Gasteiger partial charge on any atom is -0.358 e. The van der Waals surface area contributed by atoms with Crippen LogP contribution >= 0.6 is 0 Å². The van der Waals surface area contributed by atoms with Gasteiger partial charge in [-0.05, 0) is 37.3 Å². The highest BCUT2D eigenvalue weighted by molar-refractivity contribution is 7.89. The quantitative estimate of drug-likeness (QED) is 0.720. The number of carbonyl (C=O) groups excluding carboxylic acids is 1. The number of fused-ring (bicyclic) bond motifs is 1. The Morgan fingerprint density at radius 1 is 1.03 bits per heavy atom. The van der Waals surface area contributed by atoms with Crippen molar-refractivity contribution in [2.75, 3.05) is 26.2 Å². The normalized spacial score (nSPS) is 15.4. The number of carbonyl (C=O) groups is 1. The van der Waals surface area contributed by atoms with E-state index in [0.717, 1.165) is 16.6 Å². The van der Waals surface area contributed by atoms with Crippen molar-refractivity contribution in [2.45, 2.75) is 11.8 Å². The van der Waals surface area contributed by atoms with Crippen LogP contribution < -0.4 is 0 Å². The van der Waals surface area contributed by atoms with Crippen LogP contribution in [0.1, 0.15) is 21.6 Å². The summed E-state index contributed by atoms with van der Waals surface area (Å²) in [4.78, 5) is 18.2. The Morgan fingerprint density at radius 3 is 2.34 bits per heavy atom. The number of aromatic nitrogens is 1. The fourth-order valence-corrected chi connectivity index (χ4v) is 5.11. The second-order valence-electron chi connectivity index (χ2n) is 7.00. The van der Waals surface area contributed by atoms with E-state index in [1.54, 1.807) is 4.90 Å². The van der Waals surface area contributed by atoms with E-state index in [2.05, 4.69) is 4.98 Å². The van der Waals surface area contributed by atoms with Crippen LogP contribution in [-0.2, 0) is 10.0 Å². The minimum absolute atomic E-state index is 0.0876. The summed E-state index contributed by atoms with van der Waals surface area (Å²) in [5.74, 6) is -0.0876. The molecule has 0 spiro atoms. The zero-order chi connectivity index (χ0) is 20.6. The number of H-pyrrole nitrogens is 1. The van der Waals surface area contributed by atoms with E-state index in [1.807, 2.05) is 37.3 Å². The van der Waals surface area contributed by atoms with Crippen LogP contribution in [0.4, 0.5) is 0 Å². The summed E-state index contributed by atoms with van der Waals surface area (Å²) >= 11 is 0. The predicted octanol–water partition coefficient (Wildman–Crippen LogP) is 2.49. The fourth-order valence-electron chi connectivity index (χ4n) is 3.69. The number of rotatable bonds is 3. The molecule has 7 nitrogen and oxygen atoms in total. The molecular formula is C21H20N4O3S. The van der Waals surface area contributed by atoms with E-state index in [9.17, 15) is 13.2 Å². The van der Waals surface area contributed by atoms with Crippen molar-refractivity contribution < 1.29 is 13.2 Å². The summed E-state index contributed by atoms with van der Waals surface area (Å²) in [7, 11) is -3.65. The molecule has 0 bridgehead atoms. The Hall–Kier alpha value is -3.15. The first-order valence-corrected chi connectivity index (χ1v) is 10.7. The first-order chi connectivity index (χ1) is 13.9. The summed E-state index contributed by atoms with van der Waals surface area (Å²) in [6.45, 7) is 2.99. The second-order valence-corrected chi connectivity index (χ2v) is 8.94. The Labute approximate surface area is 169 Å². The Kier molecular flexibility index (Phi) is 4.86. The molecule has 8 heteroatoms. The van der Waals surface area contributed by atoms with Crippen LogP contribution in [0, 0.1) is 18.3 Å². The number of piperazine rings is 1. The molecule has 1 amide bonds. The van der Waals surface area contributed by atoms with Gasteiger partial charge in [0.25, 0.3) is 5.91 Å². The maximum atomic E-state index is 13.1. The summed E-state index contributed by atoms with van der Waals surface area (Å²) in [5, 5.41) is 9.75. The third kappa shape index (κ3) is 3.39. The second kappa shape index (κ2) is 7.35. The molecule has 1 aliphatic heterocycles. The van der Waals surface area contributed by atoms with Gasteiger partial charge in [-0.3, -0.25) is 4.79 Å². The summed E-state index contributed by atoms with van der Waals surface area (Å²) in [5.41, 5.74) is 2.77. The number of hydrogen-bond acceptors (Lipinski definition) is 4. The molecule has 0 unspecified atom stereocenters. The van der Waals surface area contributed by atoms with Crippen LogP contribution in [0.15, 0.2) is 53.4 Å². The highest BCUT2D eigenvalue weighted by Crippen LogP contribution is 2.25. The number of amides is 1. The van der Waals surface area contributed by atoms with E-state index < -0.39 is 10.0 Å². The standard InChI is InChI=1S/C21H20N4O3S/c1-15-20(18-4-2-3-5-19(18)23-15)21(26)24-10-12-25(13-11-24)29(27,28)17-8-6-16(14-22)7-9-17/h2-9,23H,10-13H2,1H3. The average molecular weight is 408 g/mol. The van der Waals surface area contributed by atoms with Gasteiger partial charge in [0.2, 0.25) is 10.0 Å². The van der Waals surface area contributed by atoms with Crippen molar-refractivity contribution >= 4 is 26.8 Å². The zero-order valence-electron chi connectivity index (χ0n) is 15.9. The van der Waals surface area contributed by atoms with Crippen LogP contribution in [0.25, 0.3) is 10.9 Å². The van der Waals surface area contributed by atoms with Crippen molar-refractivity contribution in [3.05, 3.63) is 65.4 Å². The molecule has 1 N–H and O–H groups in total. The number of nitriles is 1. The molecule has 4 rings (SSSR count). The van der Waals surface area contributed by atoms with Crippen LogP contribution in [0.5, 0.6) is 0 Å². The van der Waals surface area contributed by atoms with Crippen molar-refractivity contribution in [1.29, 1.82) is 5.26 Å². The Morgan fingerprint density at radius 2 is 1.69 bits per heavy atom. The van der Waals surface area contributed by atoms with Gasteiger partial charge in [-0.15, -0.1) is 0 Å². The van der Waals surface area contributed by atoms with E-state index >= 15 is 0 Å². The van der Waals surface area contributed by atoms with Crippen LogP contribution in [0.2, 0.25) is 0 Å². The minimum atomic E-state index is -3.65. The van der Waals surface area contributed by atoms with E-state index in [4.69, 9.17) is 5.26 Å². The molecular weight excluding hydrogens is 388 g/mol. The first-order valence-electron chi connectivity index (χ1n) is 9.28. The molecule has 29 heavy (non-hydrogen) atoms. The molecule has 0 saturated carbocycles. The monoisotopic (exact) mass is 408 g/mol. The van der Waals surface area contributed by atoms with Gasteiger partial charge in [0.15, 0.2) is 0 Å². The Balaban J connectivity index is 1.51. The van der Waals surface area contributed by atoms with E-state index in [0.29, 0.717) is 24.2 Å². The number of nitrogens with zero attached hydrogens (tertiary/aromatic N) is 3. The molecule has 2 heterocycles. The zero-order valence-corrected chi connectivity index (χ0v) is 16.7. The maximum absolute atomic E-state index is 13.1. The third-order valence-corrected chi connectivity index (χ3v) is 7.17. The van der Waals surface area contributed by atoms with Crippen molar-refractivity contribution in [3.8, 4) is 6.07 Å². The number of para-hydroxylation sites is 1. The lowest BCUT2D eigenvalue weighted by Gasteiger charge is -2.34. The smallest absolute Gasteiger partial charge is 0.256 e. The van der Waals surface area contributed by atoms with Crippen LogP contribution in [0.3, 0.4) is 0 Å². The highest BCUT2D eigenvalue weighted by Gasteiger charge is 2.31. The summed E-state index contributed by atoms with van der Waals surface area (Å²) in [6, 6.07) is 15.5. The maximum Gasteiger partial charge on any atom is 0.256 e. The van der Waals surface area contributed by atoms with Crippen LogP contribution in [-0.4, -0.2) is 54.7 Å². The lowest BCUT2D eigenvalue weighted by atomic mass is 10.1. The molecule has 2 aromatic carbocycles. The average Bonchev–Trinajstić information content (AvgIpc) is 3.09. The predicted molar refractivity (Wildman–Crippen MR) is 109 cm³/mol. The van der Waals surface area contributed by atoms with Gasteiger partial charge < -0.3 is 9.88 Å². The third-order valence-electron chi connectivity index (χ3n) is 5.25. The SMILES string of the molecule is Cc1[nH]c2ccccc2c1C(=O)N1CCN(S(=O)(=O)c2ccc(C#N)cc2)CC1. The number of aryl methyl sites for hydroxylation is 1. The van der Waals surface area contributed by atoms with Gasteiger partial charge in [0.1, 0.15) is 0 Å². The molecule has 3 aromatic rings. The lowest BCUT2D eigenvalue weighted by Crippen LogP contribution is -2.50. The van der Waals surface area contributed by atoms with E-state index in [1.165, 1.54) is 28.6 Å². The highest BCUT2D eigenvalue weighted by atomic mass is 32.2. The molecule has 1 aliphatic rings. The van der Waals surface area contributed by atoms with Crippen molar-refractivity contribution in [2.24, 2.45) is 0 Å². The fraction of sp³-hybridized carbons (Fsp3) is 0.238. The van der Waals surface area contributed by atoms with E-state index in [-0.39, 0.29) is 23.9 Å². The molecule has 0 aliphatic carbocycles. The molecule has 1 saturated heterocycles. The first kappa shape index (κ1) is 19.2. The summed E-state index contributed by atoms with van der Waals surface area (Å²) < 4.78 is 27.1.